The van der Waals surface area contributed by atoms with Gasteiger partial charge in [-0.15, -0.1) is 0 Å². The zero-order chi connectivity index (χ0) is 44.9. The molecule has 0 aromatic carbocycles. The largest absolute Gasteiger partial charge is 0.462 e. The van der Waals surface area contributed by atoms with Gasteiger partial charge in [-0.1, -0.05) is 260 Å². The Labute approximate surface area is 380 Å². The van der Waals surface area contributed by atoms with E-state index in [0.29, 0.717) is 19.3 Å². The third kappa shape index (κ3) is 47.7. The molecular formula is C55H106O6. The lowest BCUT2D eigenvalue weighted by Crippen LogP contribution is -2.30. The van der Waals surface area contributed by atoms with Gasteiger partial charge in [0.15, 0.2) is 6.10 Å². The number of ether oxygens (including phenoxy) is 3. The molecular weight excluding hydrogens is 757 g/mol. The van der Waals surface area contributed by atoms with E-state index in [1.54, 1.807) is 0 Å². The maximum atomic E-state index is 12.8. The van der Waals surface area contributed by atoms with E-state index in [1.165, 1.54) is 180 Å². The molecule has 0 amide bonds. The Kier molecular flexibility index (Phi) is 45.2. The summed E-state index contributed by atoms with van der Waals surface area (Å²) in [4.78, 5) is 38.0. The lowest BCUT2D eigenvalue weighted by atomic mass is 10.00. The van der Waals surface area contributed by atoms with Crippen LogP contribution in [-0.2, 0) is 28.6 Å². The number of carbonyl (C=O) groups is 3. The van der Waals surface area contributed by atoms with Crippen LogP contribution in [0.3, 0.4) is 0 Å². The molecule has 0 aliphatic carbocycles. The van der Waals surface area contributed by atoms with Crippen LogP contribution in [0.2, 0.25) is 0 Å². The summed E-state index contributed by atoms with van der Waals surface area (Å²) in [5.41, 5.74) is 0. The molecule has 0 heterocycles. The maximum Gasteiger partial charge on any atom is 0.306 e. The highest BCUT2D eigenvalue weighted by molar-refractivity contribution is 5.71. The lowest BCUT2D eigenvalue weighted by Gasteiger charge is -2.18. The molecule has 6 nitrogen and oxygen atoms in total. The van der Waals surface area contributed by atoms with Crippen molar-refractivity contribution in [2.75, 3.05) is 13.2 Å². The van der Waals surface area contributed by atoms with Crippen molar-refractivity contribution in [3.63, 3.8) is 0 Å². The standard InChI is InChI=1S/C55H106O6/c1-7-51(6)43-37-31-27-28-34-40-46-55(58)61-52(48-60-54(57)45-39-33-26-22-18-14-10-12-16-20-24-30-36-42-50(4)5)47-59-53(56)44-38-32-25-21-17-13-9-8-11-15-19-23-29-35-41-49(2)3/h49-52H,7-48H2,1-6H3/t51?,52-/m0/s1. The maximum absolute atomic E-state index is 12.8. The first-order chi connectivity index (χ1) is 29.6. The minimum Gasteiger partial charge on any atom is -0.462 e. The topological polar surface area (TPSA) is 78.9 Å². The van der Waals surface area contributed by atoms with Gasteiger partial charge >= 0.3 is 17.9 Å². The van der Waals surface area contributed by atoms with Crippen molar-refractivity contribution in [2.24, 2.45) is 17.8 Å². The molecule has 0 aromatic rings. The third-order valence-corrected chi connectivity index (χ3v) is 12.8. The molecule has 0 spiro atoms. The zero-order valence-corrected chi connectivity index (χ0v) is 42.0. The van der Waals surface area contributed by atoms with Crippen LogP contribution in [0.5, 0.6) is 0 Å². The average molecular weight is 863 g/mol. The molecule has 6 heteroatoms. The summed E-state index contributed by atoms with van der Waals surface area (Å²) in [5, 5.41) is 0. The summed E-state index contributed by atoms with van der Waals surface area (Å²) < 4.78 is 16.8. The van der Waals surface area contributed by atoms with Crippen LogP contribution in [0.4, 0.5) is 0 Å². The van der Waals surface area contributed by atoms with Crippen LogP contribution in [-0.4, -0.2) is 37.2 Å². The normalized spacial score (nSPS) is 12.6. The number of hydrogen-bond donors (Lipinski definition) is 0. The first-order valence-electron chi connectivity index (χ1n) is 27.1. The van der Waals surface area contributed by atoms with Crippen molar-refractivity contribution in [2.45, 2.75) is 304 Å². The molecule has 0 fully saturated rings. The van der Waals surface area contributed by atoms with Gasteiger partial charge in [0.25, 0.3) is 0 Å². The van der Waals surface area contributed by atoms with E-state index >= 15 is 0 Å². The van der Waals surface area contributed by atoms with E-state index in [0.717, 1.165) is 75.5 Å². The van der Waals surface area contributed by atoms with Crippen LogP contribution < -0.4 is 0 Å². The smallest absolute Gasteiger partial charge is 0.306 e. The fraction of sp³-hybridized carbons (Fsp3) is 0.945. The summed E-state index contributed by atoms with van der Waals surface area (Å²) in [6, 6.07) is 0. The molecule has 0 aliphatic heterocycles. The summed E-state index contributed by atoms with van der Waals surface area (Å²) in [6.07, 6.45) is 46.7. The Balaban J connectivity index is 4.26. The lowest BCUT2D eigenvalue weighted by molar-refractivity contribution is -0.167. The van der Waals surface area contributed by atoms with Gasteiger partial charge in [-0.2, -0.15) is 0 Å². The van der Waals surface area contributed by atoms with E-state index in [2.05, 4.69) is 41.5 Å². The fourth-order valence-electron chi connectivity index (χ4n) is 8.26. The van der Waals surface area contributed by atoms with Gasteiger partial charge in [-0.3, -0.25) is 14.4 Å². The fourth-order valence-corrected chi connectivity index (χ4v) is 8.26. The van der Waals surface area contributed by atoms with Crippen molar-refractivity contribution in [3.8, 4) is 0 Å². The first-order valence-corrected chi connectivity index (χ1v) is 27.1. The van der Waals surface area contributed by atoms with E-state index in [9.17, 15) is 14.4 Å². The molecule has 2 atom stereocenters. The summed E-state index contributed by atoms with van der Waals surface area (Å²) in [5.74, 6) is 1.64. The number of unbranched alkanes of at least 4 members (excludes halogenated alkanes) is 30. The van der Waals surface area contributed by atoms with Crippen molar-refractivity contribution in [3.05, 3.63) is 0 Å². The molecule has 0 N–H and O–H groups in total. The minimum atomic E-state index is -0.763. The molecule has 0 bridgehead atoms. The molecule has 0 saturated heterocycles. The summed E-state index contributed by atoms with van der Waals surface area (Å²) in [7, 11) is 0. The van der Waals surface area contributed by atoms with Gasteiger partial charge in [0.2, 0.25) is 0 Å². The van der Waals surface area contributed by atoms with Gasteiger partial charge in [0, 0.05) is 19.3 Å². The van der Waals surface area contributed by atoms with Gasteiger partial charge in [0.1, 0.15) is 13.2 Å². The van der Waals surface area contributed by atoms with Gasteiger partial charge in [-0.25, -0.2) is 0 Å². The van der Waals surface area contributed by atoms with Crippen LogP contribution >= 0.6 is 0 Å². The highest BCUT2D eigenvalue weighted by atomic mass is 16.6. The third-order valence-electron chi connectivity index (χ3n) is 12.8. The monoisotopic (exact) mass is 863 g/mol. The second-order valence-corrected chi connectivity index (χ2v) is 20.1. The Morgan fingerprint density at radius 2 is 0.574 bits per heavy atom. The Morgan fingerprint density at radius 1 is 0.328 bits per heavy atom. The molecule has 362 valence electrons. The zero-order valence-electron chi connectivity index (χ0n) is 42.0. The number of esters is 3. The van der Waals surface area contributed by atoms with Crippen molar-refractivity contribution >= 4 is 17.9 Å². The second kappa shape index (κ2) is 46.4. The second-order valence-electron chi connectivity index (χ2n) is 20.1. The quantitative estimate of drug-likeness (QED) is 0.0344. The van der Waals surface area contributed by atoms with E-state index in [1.807, 2.05) is 0 Å². The molecule has 0 aromatic heterocycles. The predicted molar refractivity (Wildman–Crippen MR) is 261 cm³/mol. The Bertz CT molecular complexity index is 947. The molecule has 61 heavy (non-hydrogen) atoms. The van der Waals surface area contributed by atoms with Crippen molar-refractivity contribution < 1.29 is 28.6 Å². The van der Waals surface area contributed by atoms with Crippen LogP contribution in [0.25, 0.3) is 0 Å². The molecule has 0 radical (unpaired) electrons. The first kappa shape index (κ1) is 59.4. The number of hydrogen-bond acceptors (Lipinski definition) is 6. The number of carbonyl (C=O) groups excluding carboxylic acids is 3. The van der Waals surface area contributed by atoms with Crippen LogP contribution in [0.1, 0.15) is 298 Å². The average Bonchev–Trinajstić information content (AvgIpc) is 3.23. The summed E-state index contributed by atoms with van der Waals surface area (Å²) in [6.45, 7) is 13.7. The molecule has 0 aliphatic rings. The highest BCUT2D eigenvalue weighted by Gasteiger charge is 2.19. The van der Waals surface area contributed by atoms with Gasteiger partial charge in [0.05, 0.1) is 0 Å². The van der Waals surface area contributed by atoms with Gasteiger partial charge < -0.3 is 14.2 Å². The van der Waals surface area contributed by atoms with E-state index in [-0.39, 0.29) is 31.1 Å². The summed E-state index contributed by atoms with van der Waals surface area (Å²) >= 11 is 0. The van der Waals surface area contributed by atoms with Gasteiger partial charge in [-0.05, 0) is 37.0 Å². The Morgan fingerprint density at radius 3 is 0.852 bits per heavy atom. The van der Waals surface area contributed by atoms with Crippen LogP contribution in [0, 0.1) is 17.8 Å². The SMILES string of the molecule is CCC(C)CCCCCCCCC(=O)O[C@@H](COC(=O)CCCCCCCCCCCCCCCCC(C)C)COC(=O)CCCCCCCCCCCCCCCC(C)C. The Hall–Kier alpha value is -1.59. The molecule has 0 rings (SSSR count). The van der Waals surface area contributed by atoms with E-state index in [4.69, 9.17) is 14.2 Å². The van der Waals surface area contributed by atoms with Crippen molar-refractivity contribution in [1.29, 1.82) is 0 Å². The predicted octanol–water partition coefficient (Wildman–Crippen LogP) is 17.6. The van der Waals surface area contributed by atoms with Crippen molar-refractivity contribution in [1.82, 2.24) is 0 Å². The molecule has 1 unspecified atom stereocenters. The van der Waals surface area contributed by atoms with Crippen LogP contribution in [0.15, 0.2) is 0 Å². The van der Waals surface area contributed by atoms with E-state index < -0.39 is 6.10 Å². The molecule has 0 saturated carbocycles. The number of rotatable bonds is 48. The minimum absolute atomic E-state index is 0.0650. The highest BCUT2D eigenvalue weighted by Crippen LogP contribution is 2.18.